The Labute approximate surface area is 89.3 Å². The van der Waals surface area contributed by atoms with Gasteiger partial charge in [-0.2, -0.15) is 0 Å². The Bertz CT molecular complexity index is 645. The van der Waals surface area contributed by atoms with E-state index in [1.165, 1.54) is 12.1 Å². The first-order chi connectivity index (χ1) is 7.49. The molecule has 1 aromatic carbocycles. The fraction of sp³-hybridized carbons (Fsp3) is 0.0909. The minimum Gasteiger partial charge on any atom is -0.478 e. The Morgan fingerprint density at radius 1 is 1.38 bits per heavy atom. The van der Waals surface area contributed by atoms with E-state index in [0.29, 0.717) is 5.56 Å². The van der Waals surface area contributed by atoms with Gasteiger partial charge in [-0.25, -0.2) is 9.18 Å². The number of fused-ring (bicyclic) bond motifs is 1. The highest BCUT2D eigenvalue weighted by Gasteiger charge is 2.13. The summed E-state index contributed by atoms with van der Waals surface area (Å²) < 4.78 is 13.5. The molecule has 0 bridgehead atoms. The lowest BCUT2D eigenvalue weighted by Crippen LogP contribution is -2.11. The van der Waals surface area contributed by atoms with E-state index in [4.69, 9.17) is 5.11 Å². The van der Waals surface area contributed by atoms with Gasteiger partial charge in [0, 0.05) is 11.5 Å². The molecule has 0 fully saturated rings. The van der Waals surface area contributed by atoms with E-state index in [-0.39, 0.29) is 16.5 Å². The summed E-state index contributed by atoms with van der Waals surface area (Å²) in [4.78, 5) is 24.4. The van der Waals surface area contributed by atoms with Crippen molar-refractivity contribution in [3.63, 3.8) is 0 Å². The molecule has 0 unspecified atom stereocenters. The number of halogens is 1. The topological polar surface area (TPSA) is 70.2 Å². The molecule has 0 aliphatic carbocycles. The fourth-order valence-electron chi connectivity index (χ4n) is 1.63. The highest BCUT2D eigenvalue weighted by Crippen LogP contribution is 2.20. The quantitative estimate of drug-likeness (QED) is 0.769. The Hall–Kier alpha value is -2.17. The van der Waals surface area contributed by atoms with E-state index >= 15 is 0 Å². The third kappa shape index (κ3) is 1.56. The van der Waals surface area contributed by atoms with Crippen LogP contribution in [0, 0.1) is 12.7 Å². The van der Waals surface area contributed by atoms with Crippen molar-refractivity contribution in [2.24, 2.45) is 0 Å². The first-order valence-corrected chi connectivity index (χ1v) is 4.55. The average Bonchev–Trinajstić information content (AvgIpc) is 2.18. The van der Waals surface area contributed by atoms with E-state index in [2.05, 4.69) is 4.98 Å². The number of hydrogen-bond donors (Lipinski definition) is 2. The maximum Gasteiger partial charge on any atom is 0.336 e. The Kier molecular flexibility index (Phi) is 2.23. The van der Waals surface area contributed by atoms with Crippen molar-refractivity contribution in [2.75, 3.05) is 0 Å². The lowest BCUT2D eigenvalue weighted by molar-refractivity contribution is 0.0699. The van der Waals surface area contributed by atoms with Crippen molar-refractivity contribution < 1.29 is 14.3 Å². The summed E-state index contributed by atoms with van der Waals surface area (Å²) in [6.07, 6.45) is 0. The van der Waals surface area contributed by atoms with Crippen molar-refractivity contribution in [1.82, 2.24) is 4.98 Å². The van der Waals surface area contributed by atoms with Gasteiger partial charge in [0.05, 0.1) is 11.1 Å². The third-order valence-electron chi connectivity index (χ3n) is 2.28. The molecule has 0 saturated heterocycles. The molecule has 16 heavy (non-hydrogen) atoms. The van der Waals surface area contributed by atoms with Crippen LogP contribution in [0.25, 0.3) is 10.9 Å². The van der Waals surface area contributed by atoms with Gasteiger partial charge in [0.1, 0.15) is 5.82 Å². The number of rotatable bonds is 1. The van der Waals surface area contributed by atoms with Crippen LogP contribution in [0.2, 0.25) is 0 Å². The van der Waals surface area contributed by atoms with Gasteiger partial charge in [-0.1, -0.05) is 0 Å². The minimum atomic E-state index is -1.25. The molecule has 0 aliphatic heterocycles. The van der Waals surface area contributed by atoms with Crippen LogP contribution in [0.1, 0.15) is 15.9 Å². The zero-order valence-corrected chi connectivity index (χ0v) is 8.37. The second-order valence-electron chi connectivity index (χ2n) is 3.52. The SMILES string of the molecule is Cc1cc(F)c2[nH]c(=O)cc(C(=O)O)c2c1. The molecular formula is C11H8FNO3. The number of aromatic amines is 1. The van der Waals surface area contributed by atoms with Gasteiger partial charge in [0.15, 0.2) is 0 Å². The van der Waals surface area contributed by atoms with Crippen LogP contribution in [-0.2, 0) is 0 Å². The fourth-order valence-corrected chi connectivity index (χ4v) is 1.63. The van der Waals surface area contributed by atoms with Crippen molar-refractivity contribution >= 4 is 16.9 Å². The van der Waals surface area contributed by atoms with Crippen molar-refractivity contribution in [3.05, 3.63) is 45.5 Å². The molecule has 2 aromatic rings. The Balaban J connectivity index is 3.01. The standard InChI is InChI=1S/C11H8FNO3/c1-5-2-6-7(11(15)16)4-9(14)13-10(6)8(12)3-5/h2-4H,1H3,(H,13,14)(H,15,16). The van der Waals surface area contributed by atoms with E-state index < -0.39 is 17.3 Å². The number of hydrogen-bond acceptors (Lipinski definition) is 2. The molecule has 0 saturated carbocycles. The average molecular weight is 221 g/mol. The minimum absolute atomic E-state index is 0.0736. The zero-order chi connectivity index (χ0) is 11.9. The molecule has 82 valence electrons. The third-order valence-corrected chi connectivity index (χ3v) is 2.28. The Morgan fingerprint density at radius 3 is 2.69 bits per heavy atom. The lowest BCUT2D eigenvalue weighted by Gasteiger charge is -2.04. The number of carboxylic acid groups (broad SMARTS) is 1. The number of carbonyl (C=O) groups is 1. The van der Waals surface area contributed by atoms with Gasteiger partial charge in [0.25, 0.3) is 0 Å². The molecular weight excluding hydrogens is 213 g/mol. The summed E-state index contributed by atoms with van der Waals surface area (Å²) in [5, 5.41) is 9.11. The summed E-state index contributed by atoms with van der Waals surface area (Å²) in [7, 11) is 0. The number of nitrogens with one attached hydrogen (secondary N) is 1. The van der Waals surface area contributed by atoms with E-state index in [0.717, 1.165) is 6.07 Å². The molecule has 2 rings (SSSR count). The molecule has 5 heteroatoms. The Morgan fingerprint density at radius 2 is 2.06 bits per heavy atom. The zero-order valence-electron chi connectivity index (χ0n) is 8.37. The maximum absolute atomic E-state index is 13.5. The first kappa shape index (κ1) is 10.4. The van der Waals surface area contributed by atoms with Gasteiger partial charge in [-0.05, 0) is 24.6 Å². The summed E-state index contributed by atoms with van der Waals surface area (Å²) in [6.45, 7) is 1.65. The molecule has 0 atom stereocenters. The monoisotopic (exact) mass is 221 g/mol. The van der Waals surface area contributed by atoms with Crippen LogP contribution in [0.3, 0.4) is 0 Å². The van der Waals surface area contributed by atoms with Crippen LogP contribution in [-0.4, -0.2) is 16.1 Å². The summed E-state index contributed by atoms with van der Waals surface area (Å²) >= 11 is 0. The highest BCUT2D eigenvalue weighted by molar-refractivity contribution is 6.02. The van der Waals surface area contributed by atoms with E-state index in [9.17, 15) is 14.0 Å². The van der Waals surface area contributed by atoms with Gasteiger partial charge in [0.2, 0.25) is 5.56 Å². The number of pyridine rings is 1. The molecule has 2 N–H and O–H groups in total. The van der Waals surface area contributed by atoms with Crippen LogP contribution in [0.4, 0.5) is 4.39 Å². The summed E-state index contributed by atoms with van der Waals surface area (Å²) in [5.74, 6) is -1.88. The molecule has 0 aliphatic rings. The van der Waals surface area contributed by atoms with Crippen LogP contribution < -0.4 is 5.56 Å². The maximum atomic E-state index is 13.5. The van der Waals surface area contributed by atoms with Gasteiger partial charge in [-0.15, -0.1) is 0 Å². The molecule has 0 radical (unpaired) electrons. The number of carboxylic acids is 1. The number of aryl methyl sites for hydroxylation is 1. The normalized spacial score (nSPS) is 10.6. The van der Waals surface area contributed by atoms with Gasteiger partial charge >= 0.3 is 5.97 Å². The van der Waals surface area contributed by atoms with Gasteiger partial charge < -0.3 is 10.1 Å². The second kappa shape index (κ2) is 3.44. The van der Waals surface area contributed by atoms with Crippen LogP contribution >= 0.6 is 0 Å². The smallest absolute Gasteiger partial charge is 0.336 e. The number of aromatic nitrogens is 1. The largest absolute Gasteiger partial charge is 0.478 e. The molecule has 0 spiro atoms. The van der Waals surface area contributed by atoms with E-state index in [1.54, 1.807) is 6.92 Å². The van der Waals surface area contributed by atoms with Crippen LogP contribution in [0.5, 0.6) is 0 Å². The van der Waals surface area contributed by atoms with Crippen molar-refractivity contribution in [2.45, 2.75) is 6.92 Å². The molecule has 4 nitrogen and oxygen atoms in total. The lowest BCUT2D eigenvalue weighted by atomic mass is 10.1. The predicted molar refractivity (Wildman–Crippen MR) is 56.2 cm³/mol. The van der Waals surface area contributed by atoms with Crippen LogP contribution in [0.15, 0.2) is 23.0 Å². The second-order valence-corrected chi connectivity index (χ2v) is 3.52. The highest BCUT2D eigenvalue weighted by atomic mass is 19.1. The van der Waals surface area contributed by atoms with E-state index in [1.807, 2.05) is 0 Å². The summed E-state index contributed by atoms with van der Waals surface area (Å²) in [5.41, 5.74) is -0.302. The number of H-pyrrole nitrogens is 1. The first-order valence-electron chi connectivity index (χ1n) is 4.55. The number of benzene rings is 1. The van der Waals surface area contributed by atoms with Crippen molar-refractivity contribution in [1.29, 1.82) is 0 Å². The van der Waals surface area contributed by atoms with Gasteiger partial charge in [-0.3, -0.25) is 4.79 Å². The molecule has 0 amide bonds. The predicted octanol–water partition coefficient (Wildman–Crippen LogP) is 1.67. The summed E-state index contributed by atoms with van der Waals surface area (Å²) in [6, 6.07) is 3.71. The molecule has 1 aromatic heterocycles. The number of aromatic carboxylic acids is 1. The molecule has 1 heterocycles. The van der Waals surface area contributed by atoms with Crippen molar-refractivity contribution in [3.8, 4) is 0 Å².